The van der Waals surface area contributed by atoms with Gasteiger partial charge in [0.25, 0.3) is 0 Å². The van der Waals surface area contributed by atoms with Crippen LogP contribution in [-0.4, -0.2) is 20.9 Å². The summed E-state index contributed by atoms with van der Waals surface area (Å²) in [6.45, 7) is -0.387. The van der Waals surface area contributed by atoms with Gasteiger partial charge in [-0.05, 0) is 12.1 Å². The van der Waals surface area contributed by atoms with E-state index in [1.165, 1.54) is 12.4 Å². The first-order valence-corrected chi connectivity index (χ1v) is 6.87. The number of ketones is 1. The average Bonchev–Trinajstić information content (AvgIpc) is 2.96. The average molecular weight is 338 g/mol. The Morgan fingerprint density at radius 2 is 2.13 bits per heavy atom. The molecule has 0 amide bonds. The molecule has 5 nitrogen and oxygen atoms in total. The summed E-state index contributed by atoms with van der Waals surface area (Å²) in [5, 5.41) is 9.50. The number of halogens is 3. The molecule has 0 bridgehead atoms. The quantitative estimate of drug-likeness (QED) is 0.506. The van der Waals surface area contributed by atoms with Crippen molar-refractivity contribution in [3.05, 3.63) is 57.9 Å². The molecule has 3 rings (SSSR count). The second-order valence-electron chi connectivity index (χ2n) is 4.84. The Hall–Kier alpha value is -2.51. The van der Waals surface area contributed by atoms with Gasteiger partial charge in [-0.25, -0.2) is 13.8 Å². The van der Waals surface area contributed by atoms with Gasteiger partial charge in [-0.2, -0.15) is 0 Å². The van der Waals surface area contributed by atoms with Crippen LogP contribution in [0, 0.1) is 11.6 Å². The first kappa shape index (κ1) is 15.4. The normalized spacial score (nSPS) is 11.1. The highest BCUT2D eigenvalue weighted by molar-refractivity contribution is 6.38. The highest BCUT2D eigenvalue weighted by Gasteiger charge is 2.25. The van der Waals surface area contributed by atoms with Crippen molar-refractivity contribution in [3.8, 4) is 0 Å². The van der Waals surface area contributed by atoms with Gasteiger partial charge in [-0.15, -0.1) is 0 Å². The van der Waals surface area contributed by atoms with Crippen LogP contribution in [0.15, 0.2) is 24.5 Å². The van der Waals surface area contributed by atoms with Crippen LogP contribution < -0.4 is 5.73 Å². The van der Waals surface area contributed by atoms with Crippen LogP contribution in [0.4, 0.5) is 14.5 Å². The van der Waals surface area contributed by atoms with E-state index in [1.807, 2.05) is 0 Å². The topological polar surface area (TPSA) is 92.0 Å². The van der Waals surface area contributed by atoms with Gasteiger partial charge in [0.2, 0.25) is 5.78 Å². The number of aromatic amines is 1. The fourth-order valence-electron chi connectivity index (χ4n) is 2.30. The lowest BCUT2D eigenvalue weighted by Crippen LogP contribution is -2.09. The van der Waals surface area contributed by atoms with Crippen molar-refractivity contribution in [1.29, 1.82) is 0 Å². The third kappa shape index (κ3) is 2.34. The maximum Gasteiger partial charge on any atom is 0.201 e. The number of carbonyl (C=O) groups excluding carboxylic acids is 1. The molecule has 0 saturated heterocycles. The maximum atomic E-state index is 14.1. The highest BCUT2D eigenvalue weighted by Crippen LogP contribution is 2.31. The van der Waals surface area contributed by atoms with Crippen LogP contribution in [-0.2, 0) is 6.61 Å². The number of carbonyl (C=O) groups is 1. The maximum absolute atomic E-state index is 14.1. The summed E-state index contributed by atoms with van der Waals surface area (Å²) >= 11 is 6.15. The molecule has 0 aliphatic rings. The van der Waals surface area contributed by atoms with Gasteiger partial charge in [-0.3, -0.25) is 4.79 Å². The summed E-state index contributed by atoms with van der Waals surface area (Å²) in [7, 11) is 0. The van der Waals surface area contributed by atoms with E-state index >= 15 is 0 Å². The number of nitrogens with zero attached hydrogens (tertiary/aromatic N) is 1. The van der Waals surface area contributed by atoms with E-state index in [0.29, 0.717) is 5.56 Å². The molecule has 4 N–H and O–H groups in total. The fraction of sp³-hybridized carbons (Fsp3) is 0.0667. The van der Waals surface area contributed by atoms with Crippen LogP contribution in [0.5, 0.6) is 0 Å². The first-order valence-electron chi connectivity index (χ1n) is 6.49. The predicted molar refractivity (Wildman–Crippen MR) is 81.2 cm³/mol. The predicted octanol–water partition coefficient (Wildman–Crippen LogP) is 2.80. The number of fused-ring (bicyclic) bond motifs is 1. The number of rotatable bonds is 3. The monoisotopic (exact) mass is 337 g/mol. The summed E-state index contributed by atoms with van der Waals surface area (Å²) in [4.78, 5) is 19.3. The zero-order chi connectivity index (χ0) is 16.7. The minimum absolute atomic E-state index is 0.0591. The number of aliphatic hydroxyl groups is 1. The van der Waals surface area contributed by atoms with Gasteiger partial charge in [-0.1, -0.05) is 11.6 Å². The Morgan fingerprint density at radius 3 is 2.83 bits per heavy atom. The van der Waals surface area contributed by atoms with E-state index in [2.05, 4.69) is 9.97 Å². The SMILES string of the molecule is Nc1ccc(F)c(C(=O)c2c[nH]c3ncc(CO)c(Cl)c23)c1F. The van der Waals surface area contributed by atoms with Gasteiger partial charge in [0.15, 0.2) is 5.82 Å². The second kappa shape index (κ2) is 5.60. The first-order chi connectivity index (χ1) is 11.0. The smallest absolute Gasteiger partial charge is 0.201 e. The minimum atomic E-state index is -1.13. The standard InChI is InChI=1S/C15H10ClF2N3O2/c16-12-6(5-22)3-20-15-10(12)7(4-21-15)14(23)11-8(17)1-2-9(19)13(11)18/h1-4,22H,5,19H2,(H,20,21). The fourth-order valence-corrected chi connectivity index (χ4v) is 2.60. The number of benzene rings is 1. The zero-order valence-corrected chi connectivity index (χ0v) is 12.3. The molecule has 0 aliphatic carbocycles. The highest BCUT2D eigenvalue weighted by atomic mass is 35.5. The number of hydrogen-bond donors (Lipinski definition) is 3. The van der Waals surface area contributed by atoms with Crippen molar-refractivity contribution in [2.45, 2.75) is 6.61 Å². The van der Waals surface area contributed by atoms with Crippen LogP contribution in [0.3, 0.4) is 0 Å². The van der Waals surface area contributed by atoms with E-state index in [-0.39, 0.29) is 33.9 Å². The zero-order valence-electron chi connectivity index (χ0n) is 11.5. The van der Waals surface area contributed by atoms with Crippen molar-refractivity contribution < 1.29 is 18.7 Å². The molecule has 0 aliphatic heterocycles. The number of nitrogen functional groups attached to an aromatic ring is 1. The van der Waals surface area contributed by atoms with Gasteiger partial charge in [0.1, 0.15) is 11.5 Å². The number of pyridine rings is 1. The molecular formula is C15H10ClF2N3O2. The number of hydrogen-bond acceptors (Lipinski definition) is 4. The van der Waals surface area contributed by atoms with Crippen molar-refractivity contribution in [2.75, 3.05) is 5.73 Å². The Balaban J connectivity index is 2.26. The van der Waals surface area contributed by atoms with Gasteiger partial charge >= 0.3 is 0 Å². The Morgan fingerprint density at radius 1 is 1.39 bits per heavy atom. The number of H-pyrrole nitrogens is 1. The van der Waals surface area contributed by atoms with Gasteiger partial charge in [0.05, 0.1) is 28.4 Å². The Bertz CT molecular complexity index is 940. The summed E-state index contributed by atoms with van der Waals surface area (Å²) in [5.41, 5.74) is 4.79. The lowest BCUT2D eigenvalue weighted by atomic mass is 10.0. The summed E-state index contributed by atoms with van der Waals surface area (Å²) in [6, 6.07) is 1.95. The van der Waals surface area contributed by atoms with Crippen molar-refractivity contribution in [1.82, 2.24) is 9.97 Å². The summed E-state index contributed by atoms with van der Waals surface area (Å²) < 4.78 is 28.0. The Labute approximate surface area is 133 Å². The number of nitrogens with two attached hydrogens (primary N) is 1. The van der Waals surface area contributed by atoms with Crippen molar-refractivity contribution >= 4 is 34.1 Å². The molecule has 23 heavy (non-hydrogen) atoms. The van der Waals surface area contributed by atoms with Crippen LogP contribution >= 0.6 is 11.6 Å². The van der Waals surface area contributed by atoms with Gasteiger partial charge < -0.3 is 15.8 Å². The molecule has 2 heterocycles. The van der Waals surface area contributed by atoms with Crippen molar-refractivity contribution in [2.24, 2.45) is 0 Å². The largest absolute Gasteiger partial charge is 0.396 e. The lowest BCUT2D eigenvalue weighted by Gasteiger charge is -2.07. The molecule has 0 fully saturated rings. The molecule has 0 unspecified atom stereocenters. The van der Waals surface area contributed by atoms with E-state index in [1.54, 1.807) is 0 Å². The lowest BCUT2D eigenvalue weighted by molar-refractivity contribution is 0.103. The van der Waals surface area contributed by atoms with Crippen LogP contribution in [0.1, 0.15) is 21.5 Å². The third-order valence-electron chi connectivity index (χ3n) is 3.47. The van der Waals surface area contributed by atoms with E-state index < -0.39 is 23.0 Å². The minimum Gasteiger partial charge on any atom is -0.396 e. The molecule has 0 atom stereocenters. The number of aliphatic hydroxyl groups excluding tert-OH is 1. The molecule has 8 heteroatoms. The third-order valence-corrected chi connectivity index (χ3v) is 3.91. The molecule has 0 radical (unpaired) electrons. The molecule has 1 aromatic carbocycles. The van der Waals surface area contributed by atoms with E-state index in [4.69, 9.17) is 17.3 Å². The molecule has 2 aromatic heterocycles. The Kier molecular flexibility index (Phi) is 3.75. The van der Waals surface area contributed by atoms with Crippen LogP contribution in [0.2, 0.25) is 5.02 Å². The molecular weight excluding hydrogens is 328 g/mol. The molecule has 0 spiro atoms. The van der Waals surface area contributed by atoms with Crippen LogP contribution in [0.25, 0.3) is 11.0 Å². The van der Waals surface area contributed by atoms with E-state index in [0.717, 1.165) is 12.1 Å². The molecule has 118 valence electrons. The van der Waals surface area contributed by atoms with Gasteiger partial charge in [0, 0.05) is 23.3 Å². The number of nitrogens with one attached hydrogen (secondary N) is 1. The number of aromatic nitrogens is 2. The molecule has 0 saturated carbocycles. The van der Waals surface area contributed by atoms with Crippen molar-refractivity contribution in [3.63, 3.8) is 0 Å². The molecule has 3 aromatic rings. The number of anilines is 1. The second-order valence-corrected chi connectivity index (χ2v) is 5.21. The van der Waals surface area contributed by atoms with E-state index in [9.17, 15) is 18.7 Å². The summed E-state index contributed by atoms with van der Waals surface area (Å²) in [5.74, 6) is -3.08. The summed E-state index contributed by atoms with van der Waals surface area (Å²) in [6.07, 6.45) is 2.60.